The summed E-state index contributed by atoms with van der Waals surface area (Å²) in [6.07, 6.45) is 0.434. The van der Waals surface area contributed by atoms with Gasteiger partial charge in [-0.3, -0.25) is 4.57 Å². The Kier molecular flexibility index (Phi) is 5.61. The summed E-state index contributed by atoms with van der Waals surface area (Å²) in [5, 5.41) is 0.782. The molecule has 0 amide bonds. The SMILES string of the molecule is CCC(NS(=O)(=O)c1cc2c(cc1Cl)oc(=O)n2C)c1cc(Cl)ccc1Cl. The number of aromatic nitrogens is 1. The van der Waals surface area contributed by atoms with E-state index < -0.39 is 21.8 Å². The van der Waals surface area contributed by atoms with E-state index in [0.29, 0.717) is 27.5 Å². The Balaban J connectivity index is 2.06. The van der Waals surface area contributed by atoms with Gasteiger partial charge in [0.15, 0.2) is 5.58 Å². The van der Waals surface area contributed by atoms with E-state index in [9.17, 15) is 13.2 Å². The van der Waals surface area contributed by atoms with Crippen LogP contribution in [0.4, 0.5) is 0 Å². The highest BCUT2D eigenvalue weighted by molar-refractivity contribution is 7.89. The van der Waals surface area contributed by atoms with Gasteiger partial charge in [0.05, 0.1) is 10.5 Å². The summed E-state index contributed by atoms with van der Waals surface area (Å²) in [5.41, 5.74) is 1.08. The second-order valence-electron chi connectivity index (χ2n) is 5.93. The Labute approximate surface area is 170 Å². The van der Waals surface area contributed by atoms with E-state index in [2.05, 4.69) is 4.72 Å². The van der Waals surface area contributed by atoms with Crippen molar-refractivity contribution in [3.05, 3.63) is 61.5 Å². The van der Waals surface area contributed by atoms with Crippen LogP contribution in [-0.2, 0) is 17.1 Å². The quantitative estimate of drug-likeness (QED) is 0.621. The molecule has 0 spiro atoms. The van der Waals surface area contributed by atoms with Gasteiger partial charge in [0.25, 0.3) is 0 Å². The Morgan fingerprint density at radius 2 is 1.85 bits per heavy atom. The number of sulfonamides is 1. The Bertz CT molecular complexity index is 1180. The maximum atomic E-state index is 13.0. The lowest BCUT2D eigenvalue weighted by molar-refractivity contribution is 0.528. The number of nitrogens with zero attached hydrogens (tertiary/aromatic N) is 1. The van der Waals surface area contributed by atoms with Crippen LogP contribution in [0.1, 0.15) is 24.9 Å². The van der Waals surface area contributed by atoms with Crippen molar-refractivity contribution in [2.24, 2.45) is 7.05 Å². The van der Waals surface area contributed by atoms with Crippen molar-refractivity contribution in [3.8, 4) is 0 Å². The first kappa shape index (κ1) is 20.2. The van der Waals surface area contributed by atoms with Crippen LogP contribution in [0.25, 0.3) is 11.1 Å². The molecule has 6 nitrogen and oxygen atoms in total. The predicted octanol–water partition coefficient (Wildman–Crippen LogP) is 4.52. The van der Waals surface area contributed by atoms with Gasteiger partial charge in [-0.25, -0.2) is 17.9 Å². The molecule has 10 heteroatoms. The number of aryl methyl sites for hydroxylation is 1. The van der Waals surface area contributed by atoms with Gasteiger partial charge in [0, 0.05) is 29.2 Å². The third-order valence-electron chi connectivity index (χ3n) is 4.17. The highest BCUT2D eigenvalue weighted by atomic mass is 35.5. The van der Waals surface area contributed by atoms with Gasteiger partial charge in [0.1, 0.15) is 4.90 Å². The van der Waals surface area contributed by atoms with Crippen LogP contribution in [-0.4, -0.2) is 13.0 Å². The van der Waals surface area contributed by atoms with E-state index in [0.717, 1.165) is 0 Å². The van der Waals surface area contributed by atoms with Crippen molar-refractivity contribution in [1.82, 2.24) is 9.29 Å². The van der Waals surface area contributed by atoms with Crippen LogP contribution in [0.5, 0.6) is 0 Å². The molecule has 0 aliphatic rings. The van der Waals surface area contributed by atoms with Gasteiger partial charge in [-0.2, -0.15) is 0 Å². The monoisotopic (exact) mass is 448 g/mol. The number of hydrogen-bond donors (Lipinski definition) is 1. The molecule has 1 heterocycles. The van der Waals surface area contributed by atoms with E-state index in [4.69, 9.17) is 39.2 Å². The summed E-state index contributed by atoms with van der Waals surface area (Å²) in [5.74, 6) is -0.610. The van der Waals surface area contributed by atoms with Crippen LogP contribution < -0.4 is 10.5 Å². The second-order valence-corrected chi connectivity index (χ2v) is 8.86. The highest BCUT2D eigenvalue weighted by Gasteiger charge is 2.26. The molecule has 0 saturated heterocycles. The summed E-state index contributed by atoms with van der Waals surface area (Å²) >= 11 is 18.4. The summed E-state index contributed by atoms with van der Waals surface area (Å²) < 4.78 is 34.8. The first-order valence-electron chi connectivity index (χ1n) is 7.90. The molecule has 1 N–H and O–H groups in total. The molecule has 0 radical (unpaired) electrons. The average molecular weight is 450 g/mol. The Hall–Kier alpha value is -1.51. The minimum absolute atomic E-state index is 0.0589. The second kappa shape index (κ2) is 7.48. The molecule has 27 heavy (non-hydrogen) atoms. The summed E-state index contributed by atoms with van der Waals surface area (Å²) in [6.45, 7) is 1.81. The van der Waals surface area contributed by atoms with Crippen LogP contribution in [0.2, 0.25) is 15.1 Å². The zero-order chi connectivity index (χ0) is 19.9. The summed E-state index contributed by atoms with van der Waals surface area (Å²) in [4.78, 5) is 11.5. The van der Waals surface area contributed by atoms with Gasteiger partial charge < -0.3 is 4.42 Å². The lowest BCUT2D eigenvalue weighted by atomic mass is 10.1. The maximum Gasteiger partial charge on any atom is 0.419 e. The molecule has 0 aliphatic carbocycles. The standard InChI is InChI=1S/C17H15Cl3N2O4S/c1-3-13(10-6-9(18)4-5-11(10)19)21-27(24,25)16-8-14-15(7-12(16)20)26-17(23)22(14)2/h4-8,13,21H,3H2,1-2H3. The molecule has 0 fully saturated rings. The fourth-order valence-corrected chi connectivity index (χ4v) is 5.00. The molecular weight excluding hydrogens is 435 g/mol. The zero-order valence-corrected chi connectivity index (χ0v) is 17.4. The zero-order valence-electron chi connectivity index (χ0n) is 14.3. The largest absolute Gasteiger partial charge is 0.419 e. The van der Waals surface area contributed by atoms with Crippen LogP contribution in [0, 0.1) is 0 Å². The molecule has 1 aromatic heterocycles. The van der Waals surface area contributed by atoms with E-state index in [1.165, 1.54) is 23.7 Å². The fraction of sp³-hybridized carbons (Fsp3) is 0.235. The molecule has 1 atom stereocenters. The number of benzene rings is 2. The molecule has 1 unspecified atom stereocenters. The lowest BCUT2D eigenvalue weighted by Crippen LogP contribution is -2.29. The predicted molar refractivity (Wildman–Crippen MR) is 106 cm³/mol. The number of halogens is 3. The number of hydrogen-bond acceptors (Lipinski definition) is 4. The smallest absolute Gasteiger partial charge is 0.408 e. The molecule has 0 saturated carbocycles. The normalized spacial score (nSPS) is 13.2. The van der Waals surface area contributed by atoms with Gasteiger partial charge in [-0.05, 0) is 36.2 Å². The lowest BCUT2D eigenvalue weighted by Gasteiger charge is -2.19. The van der Waals surface area contributed by atoms with Gasteiger partial charge in [0.2, 0.25) is 10.0 Å². The highest BCUT2D eigenvalue weighted by Crippen LogP contribution is 2.32. The van der Waals surface area contributed by atoms with Crippen molar-refractivity contribution in [3.63, 3.8) is 0 Å². The Morgan fingerprint density at radius 3 is 2.52 bits per heavy atom. The van der Waals surface area contributed by atoms with Crippen molar-refractivity contribution in [2.45, 2.75) is 24.3 Å². The van der Waals surface area contributed by atoms with Crippen molar-refractivity contribution < 1.29 is 12.8 Å². The summed E-state index contributed by atoms with van der Waals surface area (Å²) in [7, 11) is -2.54. The molecule has 144 valence electrons. The molecule has 3 rings (SSSR count). The van der Waals surface area contributed by atoms with E-state index >= 15 is 0 Å². The van der Waals surface area contributed by atoms with Crippen molar-refractivity contribution >= 4 is 55.9 Å². The van der Waals surface area contributed by atoms with Gasteiger partial charge >= 0.3 is 5.76 Å². The van der Waals surface area contributed by atoms with E-state index in [-0.39, 0.29) is 15.5 Å². The van der Waals surface area contributed by atoms with Crippen molar-refractivity contribution in [2.75, 3.05) is 0 Å². The number of rotatable bonds is 5. The first-order chi connectivity index (χ1) is 12.6. The third kappa shape index (κ3) is 3.88. The summed E-state index contributed by atoms with van der Waals surface area (Å²) in [6, 6.07) is 6.85. The minimum Gasteiger partial charge on any atom is -0.408 e. The minimum atomic E-state index is -4.02. The molecule has 3 aromatic rings. The number of fused-ring (bicyclic) bond motifs is 1. The van der Waals surface area contributed by atoms with Gasteiger partial charge in [-0.1, -0.05) is 41.7 Å². The number of nitrogens with one attached hydrogen (secondary N) is 1. The van der Waals surface area contributed by atoms with Gasteiger partial charge in [-0.15, -0.1) is 0 Å². The van der Waals surface area contributed by atoms with Crippen molar-refractivity contribution in [1.29, 1.82) is 0 Å². The van der Waals surface area contributed by atoms with Crippen LogP contribution in [0.3, 0.4) is 0 Å². The molecule has 0 bridgehead atoms. The molecular formula is C17H15Cl3N2O4S. The number of oxazole rings is 1. The van der Waals surface area contributed by atoms with Crippen LogP contribution in [0.15, 0.2) is 44.4 Å². The fourth-order valence-electron chi connectivity index (χ4n) is 2.73. The van der Waals surface area contributed by atoms with E-state index in [1.807, 2.05) is 6.92 Å². The van der Waals surface area contributed by atoms with Crippen LogP contribution >= 0.6 is 34.8 Å². The molecule has 0 aliphatic heterocycles. The third-order valence-corrected chi connectivity index (χ3v) is 6.69. The molecule has 2 aromatic carbocycles. The Morgan fingerprint density at radius 1 is 1.15 bits per heavy atom. The maximum absolute atomic E-state index is 13.0. The average Bonchev–Trinajstić information content (AvgIpc) is 2.87. The van der Waals surface area contributed by atoms with E-state index in [1.54, 1.807) is 18.2 Å². The topological polar surface area (TPSA) is 81.3 Å². The first-order valence-corrected chi connectivity index (χ1v) is 10.5.